The number of anilines is 1. The average Bonchev–Trinajstić information content (AvgIpc) is 2.72. The third-order valence-electron chi connectivity index (χ3n) is 4.18. The fourth-order valence-corrected chi connectivity index (χ4v) is 4.21. The van der Waals surface area contributed by atoms with Gasteiger partial charge in [0.15, 0.2) is 6.61 Å². The minimum absolute atomic E-state index is 0.0356. The molecule has 0 bridgehead atoms. The normalized spacial score (nSPS) is 11.3. The molecule has 0 aliphatic carbocycles. The first-order valence-electron chi connectivity index (χ1n) is 8.80. The van der Waals surface area contributed by atoms with Crippen LogP contribution in [0.5, 0.6) is 0 Å². The molecule has 1 amide bonds. The zero-order valence-electron chi connectivity index (χ0n) is 17.2. The summed E-state index contributed by atoms with van der Waals surface area (Å²) in [7, 11) is -0.908. The Morgan fingerprint density at radius 3 is 2.45 bits per heavy atom. The van der Waals surface area contributed by atoms with E-state index in [1.807, 2.05) is 0 Å². The van der Waals surface area contributed by atoms with Gasteiger partial charge in [-0.05, 0) is 43.0 Å². The lowest BCUT2D eigenvalue weighted by Crippen LogP contribution is -2.24. The molecule has 0 aliphatic heterocycles. The molecule has 31 heavy (non-hydrogen) atoms. The number of hydrogen-bond acceptors (Lipinski definition) is 8. The monoisotopic (exact) mass is 467 g/mol. The van der Waals surface area contributed by atoms with Crippen molar-refractivity contribution >= 4 is 45.0 Å². The Kier molecular flexibility index (Phi) is 7.76. The van der Waals surface area contributed by atoms with Gasteiger partial charge in [-0.3, -0.25) is 14.9 Å². The molecule has 2 aromatic carbocycles. The van der Waals surface area contributed by atoms with Gasteiger partial charge < -0.3 is 10.1 Å². The van der Waals surface area contributed by atoms with Crippen LogP contribution >= 0.6 is 11.8 Å². The van der Waals surface area contributed by atoms with E-state index in [1.54, 1.807) is 19.2 Å². The predicted octanol–water partition coefficient (Wildman–Crippen LogP) is 2.67. The third-order valence-corrected chi connectivity index (χ3v) is 6.92. The molecule has 0 unspecified atom stereocenters. The summed E-state index contributed by atoms with van der Waals surface area (Å²) < 4.78 is 30.7. The molecule has 0 heterocycles. The highest BCUT2D eigenvalue weighted by atomic mass is 32.2. The second-order valence-corrected chi connectivity index (χ2v) is 9.50. The van der Waals surface area contributed by atoms with E-state index in [-0.39, 0.29) is 21.8 Å². The Balaban J connectivity index is 2.08. The lowest BCUT2D eigenvalue weighted by Gasteiger charge is -2.15. The molecule has 1 N–H and O–H groups in total. The molecule has 0 spiro atoms. The van der Waals surface area contributed by atoms with Gasteiger partial charge in [0.1, 0.15) is 0 Å². The fourth-order valence-electron chi connectivity index (χ4n) is 2.52. The number of benzene rings is 2. The van der Waals surface area contributed by atoms with E-state index in [0.717, 1.165) is 10.4 Å². The molecular formula is C19H21N3O7S2. The van der Waals surface area contributed by atoms with Crippen LogP contribution in [-0.2, 0) is 19.6 Å². The lowest BCUT2D eigenvalue weighted by atomic mass is 10.2. The van der Waals surface area contributed by atoms with Gasteiger partial charge in [0.05, 0.1) is 20.3 Å². The van der Waals surface area contributed by atoms with Crippen LogP contribution < -0.4 is 5.32 Å². The van der Waals surface area contributed by atoms with Crippen molar-refractivity contribution in [1.29, 1.82) is 0 Å². The van der Waals surface area contributed by atoms with Crippen LogP contribution in [0.2, 0.25) is 0 Å². The number of nitro benzene ring substituents is 1. The Hall–Kier alpha value is -2.96. The van der Waals surface area contributed by atoms with Crippen LogP contribution in [0.4, 0.5) is 11.4 Å². The maximum absolute atomic E-state index is 12.4. The third kappa shape index (κ3) is 5.81. The molecule has 0 saturated carbocycles. The first kappa shape index (κ1) is 24.3. The molecule has 2 aromatic rings. The maximum Gasteiger partial charge on any atom is 0.338 e. The highest BCUT2D eigenvalue weighted by Crippen LogP contribution is 2.28. The van der Waals surface area contributed by atoms with Crippen molar-refractivity contribution in [1.82, 2.24) is 4.31 Å². The topological polar surface area (TPSA) is 136 Å². The Morgan fingerprint density at radius 2 is 1.87 bits per heavy atom. The largest absolute Gasteiger partial charge is 0.452 e. The van der Waals surface area contributed by atoms with Gasteiger partial charge in [0, 0.05) is 25.8 Å². The van der Waals surface area contributed by atoms with Crippen LogP contribution in [0.3, 0.4) is 0 Å². The van der Waals surface area contributed by atoms with E-state index >= 15 is 0 Å². The van der Waals surface area contributed by atoms with Gasteiger partial charge in [-0.25, -0.2) is 17.5 Å². The second kappa shape index (κ2) is 9.90. The standard InChI is InChI=1S/C19H21N3O7S2/c1-12-5-7-14(10-17(12)31(27,28)21(2)3)20-18(23)11-29-19(24)13-6-8-16(30-4)15(9-13)22(25)26/h5-10H,11H2,1-4H3,(H,20,23). The van der Waals surface area contributed by atoms with Gasteiger partial charge >= 0.3 is 5.97 Å². The molecule has 0 aliphatic rings. The minimum atomic E-state index is -3.70. The molecule has 12 heteroatoms. The second-order valence-electron chi connectivity index (χ2n) is 6.54. The highest BCUT2D eigenvalue weighted by molar-refractivity contribution is 7.98. The molecule has 10 nitrogen and oxygen atoms in total. The van der Waals surface area contributed by atoms with Crippen molar-refractivity contribution in [2.75, 3.05) is 32.3 Å². The summed E-state index contributed by atoms with van der Waals surface area (Å²) in [5.74, 6) is -1.59. The zero-order chi connectivity index (χ0) is 23.3. The van der Waals surface area contributed by atoms with E-state index < -0.39 is 33.4 Å². The van der Waals surface area contributed by atoms with Crippen LogP contribution in [-0.4, -0.2) is 56.5 Å². The van der Waals surface area contributed by atoms with Crippen LogP contribution in [0.1, 0.15) is 15.9 Å². The van der Waals surface area contributed by atoms with Crippen molar-refractivity contribution in [2.45, 2.75) is 16.7 Å². The van der Waals surface area contributed by atoms with Crippen molar-refractivity contribution in [2.24, 2.45) is 0 Å². The molecule has 2 rings (SSSR count). The number of ether oxygens (including phenoxy) is 1. The van der Waals surface area contributed by atoms with Gasteiger partial charge in [-0.2, -0.15) is 0 Å². The number of esters is 1. The number of aryl methyl sites for hydroxylation is 1. The van der Waals surface area contributed by atoms with Gasteiger partial charge in [0.2, 0.25) is 10.0 Å². The molecule has 0 saturated heterocycles. The van der Waals surface area contributed by atoms with Crippen LogP contribution in [0.25, 0.3) is 0 Å². The number of nitro groups is 1. The van der Waals surface area contributed by atoms with Crippen LogP contribution in [0, 0.1) is 17.0 Å². The number of nitrogens with zero attached hydrogens (tertiary/aromatic N) is 2. The predicted molar refractivity (Wildman–Crippen MR) is 116 cm³/mol. The summed E-state index contributed by atoms with van der Waals surface area (Å²) in [6.07, 6.45) is 1.67. The quantitative estimate of drug-likeness (QED) is 0.271. The van der Waals surface area contributed by atoms with E-state index in [1.165, 1.54) is 50.1 Å². The smallest absolute Gasteiger partial charge is 0.338 e. The summed E-state index contributed by atoms with van der Waals surface area (Å²) in [6.45, 7) is 0.978. The van der Waals surface area contributed by atoms with E-state index in [4.69, 9.17) is 4.74 Å². The summed E-state index contributed by atoms with van der Waals surface area (Å²) in [4.78, 5) is 35.2. The zero-order valence-corrected chi connectivity index (χ0v) is 18.9. The molecule has 166 valence electrons. The number of amides is 1. The average molecular weight is 468 g/mol. The molecule has 0 atom stereocenters. The number of carbonyl (C=O) groups excluding carboxylic acids is 2. The molecular weight excluding hydrogens is 446 g/mol. The van der Waals surface area contributed by atoms with Crippen molar-refractivity contribution in [3.8, 4) is 0 Å². The number of hydrogen-bond donors (Lipinski definition) is 1. The molecule has 0 fully saturated rings. The first-order valence-corrected chi connectivity index (χ1v) is 11.5. The fraction of sp³-hybridized carbons (Fsp3) is 0.263. The van der Waals surface area contributed by atoms with E-state index in [2.05, 4.69) is 5.32 Å². The maximum atomic E-state index is 12.4. The minimum Gasteiger partial charge on any atom is -0.452 e. The van der Waals surface area contributed by atoms with Crippen molar-refractivity contribution in [3.05, 3.63) is 57.6 Å². The highest BCUT2D eigenvalue weighted by Gasteiger charge is 2.21. The van der Waals surface area contributed by atoms with E-state index in [0.29, 0.717) is 10.5 Å². The lowest BCUT2D eigenvalue weighted by molar-refractivity contribution is -0.387. The van der Waals surface area contributed by atoms with Crippen LogP contribution in [0.15, 0.2) is 46.2 Å². The molecule has 0 aromatic heterocycles. The number of thioether (sulfide) groups is 1. The summed E-state index contributed by atoms with van der Waals surface area (Å²) >= 11 is 1.17. The van der Waals surface area contributed by atoms with Gasteiger partial charge in [-0.1, -0.05) is 6.07 Å². The van der Waals surface area contributed by atoms with Crippen molar-refractivity contribution in [3.63, 3.8) is 0 Å². The molecule has 0 radical (unpaired) electrons. The SMILES string of the molecule is CSc1ccc(C(=O)OCC(=O)Nc2ccc(C)c(S(=O)(=O)N(C)C)c2)cc1[N+](=O)[O-]. The number of nitrogens with one attached hydrogen (secondary N) is 1. The van der Waals surface area contributed by atoms with E-state index in [9.17, 15) is 28.1 Å². The Bertz CT molecular complexity index is 1130. The van der Waals surface area contributed by atoms with Crippen molar-refractivity contribution < 1.29 is 27.7 Å². The Morgan fingerprint density at radius 1 is 1.19 bits per heavy atom. The number of sulfonamides is 1. The number of rotatable bonds is 8. The Labute approximate surface area is 183 Å². The summed E-state index contributed by atoms with van der Waals surface area (Å²) in [5, 5.41) is 13.6. The summed E-state index contributed by atoms with van der Waals surface area (Å²) in [6, 6.07) is 8.27. The number of carbonyl (C=O) groups is 2. The summed E-state index contributed by atoms with van der Waals surface area (Å²) in [5.41, 5.74) is 0.424. The van der Waals surface area contributed by atoms with Gasteiger partial charge in [0.25, 0.3) is 11.6 Å². The van der Waals surface area contributed by atoms with Gasteiger partial charge in [-0.15, -0.1) is 11.8 Å². The first-order chi connectivity index (χ1) is 14.5.